The van der Waals surface area contributed by atoms with Crippen molar-refractivity contribution in [2.75, 3.05) is 32.6 Å². The van der Waals surface area contributed by atoms with Crippen LogP contribution in [0.4, 0.5) is 10.1 Å². The Labute approximate surface area is 169 Å². The molecule has 1 aliphatic heterocycles. The number of hydrogen-bond acceptors (Lipinski definition) is 5. The van der Waals surface area contributed by atoms with Crippen LogP contribution in [0, 0.1) is 11.7 Å². The third-order valence-electron chi connectivity index (χ3n) is 4.84. The number of amides is 1. The van der Waals surface area contributed by atoms with Gasteiger partial charge in [0.05, 0.1) is 20.1 Å². The minimum absolute atomic E-state index is 0.00876. The van der Waals surface area contributed by atoms with E-state index in [0.717, 1.165) is 0 Å². The van der Waals surface area contributed by atoms with Crippen LogP contribution in [0.5, 0.6) is 11.5 Å². The van der Waals surface area contributed by atoms with Crippen LogP contribution >= 0.6 is 0 Å². The number of halogens is 1. The van der Waals surface area contributed by atoms with Gasteiger partial charge in [-0.1, -0.05) is 6.07 Å². The maximum atomic E-state index is 13.3. The number of benzene rings is 2. The van der Waals surface area contributed by atoms with Crippen molar-refractivity contribution in [2.24, 2.45) is 5.92 Å². The molecule has 29 heavy (non-hydrogen) atoms. The molecule has 0 saturated carbocycles. The number of rotatable bonds is 6. The SMILES string of the molecule is COc1ccc(OC)c(S(=O)(=O)N2CCC[C@@H](C(=O)Nc3cccc(F)c3)C2)c1. The molecule has 0 aromatic heterocycles. The van der Waals surface area contributed by atoms with Crippen molar-refractivity contribution >= 4 is 21.6 Å². The highest BCUT2D eigenvalue weighted by molar-refractivity contribution is 7.89. The van der Waals surface area contributed by atoms with Gasteiger partial charge in [0.25, 0.3) is 0 Å². The molecule has 1 heterocycles. The van der Waals surface area contributed by atoms with Crippen molar-refractivity contribution in [3.8, 4) is 11.5 Å². The van der Waals surface area contributed by atoms with Gasteiger partial charge >= 0.3 is 0 Å². The lowest BCUT2D eigenvalue weighted by Crippen LogP contribution is -2.43. The van der Waals surface area contributed by atoms with E-state index in [2.05, 4.69) is 5.32 Å². The van der Waals surface area contributed by atoms with E-state index in [-0.39, 0.29) is 23.1 Å². The van der Waals surface area contributed by atoms with E-state index in [1.165, 1.54) is 48.9 Å². The normalized spacial score (nSPS) is 17.6. The van der Waals surface area contributed by atoms with Crippen LogP contribution < -0.4 is 14.8 Å². The van der Waals surface area contributed by atoms with E-state index in [1.807, 2.05) is 0 Å². The number of ether oxygens (including phenoxy) is 2. The summed E-state index contributed by atoms with van der Waals surface area (Å²) in [6.07, 6.45) is 1.08. The highest BCUT2D eigenvalue weighted by Gasteiger charge is 2.35. The minimum atomic E-state index is -3.90. The first-order valence-electron chi connectivity index (χ1n) is 9.13. The highest BCUT2D eigenvalue weighted by Crippen LogP contribution is 2.32. The molecule has 156 valence electrons. The van der Waals surface area contributed by atoms with Crippen LogP contribution in [0.2, 0.25) is 0 Å². The second-order valence-electron chi connectivity index (χ2n) is 6.72. The Morgan fingerprint density at radius 2 is 1.97 bits per heavy atom. The first kappa shape index (κ1) is 21.1. The Morgan fingerprint density at radius 3 is 2.66 bits per heavy atom. The molecule has 1 fully saturated rings. The Bertz CT molecular complexity index is 996. The smallest absolute Gasteiger partial charge is 0.246 e. The molecule has 0 radical (unpaired) electrons. The molecular weight excluding hydrogens is 399 g/mol. The fourth-order valence-electron chi connectivity index (χ4n) is 3.31. The van der Waals surface area contributed by atoms with Gasteiger partial charge in [-0.05, 0) is 43.2 Å². The third kappa shape index (κ3) is 4.68. The lowest BCUT2D eigenvalue weighted by atomic mass is 9.99. The van der Waals surface area contributed by atoms with Crippen LogP contribution in [0.1, 0.15) is 12.8 Å². The minimum Gasteiger partial charge on any atom is -0.497 e. The predicted octanol–water partition coefficient (Wildman–Crippen LogP) is 2.88. The number of anilines is 1. The molecule has 9 heteroatoms. The first-order chi connectivity index (χ1) is 13.8. The average molecular weight is 422 g/mol. The molecule has 3 rings (SSSR count). The number of nitrogens with one attached hydrogen (secondary N) is 1. The third-order valence-corrected chi connectivity index (χ3v) is 6.72. The number of piperidine rings is 1. The van der Waals surface area contributed by atoms with Crippen LogP contribution in [0.15, 0.2) is 47.4 Å². The Kier molecular flexibility index (Phi) is 6.39. The summed E-state index contributed by atoms with van der Waals surface area (Å²) in [5.41, 5.74) is 0.337. The molecule has 7 nitrogen and oxygen atoms in total. The number of carbonyl (C=O) groups excluding carboxylic acids is 1. The van der Waals surface area contributed by atoms with Crippen molar-refractivity contribution in [3.63, 3.8) is 0 Å². The number of hydrogen-bond donors (Lipinski definition) is 1. The quantitative estimate of drug-likeness (QED) is 0.774. The molecule has 2 aromatic rings. The topological polar surface area (TPSA) is 84.9 Å². The summed E-state index contributed by atoms with van der Waals surface area (Å²) in [5.74, 6) is -0.744. The molecule has 0 spiro atoms. The fourth-order valence-corrected chi connectivity index (χ4v) is 5.00. The van der Waals surface area contributed by atoms with E-state index < -0.39 is 21.8 Å². The second kappa shape index (κ2) is 8.79. The van der Waals surface area contributed by atoms with E-state index in [4.69, 9.17) is 9.47 Å². The summed E-state index contributed by atoms with van der Waals surface area (Å²) in [6, 6.07) is 10.1. The van der Waals surface area contributed by atoms with Gasteiger partial charge in [0, 0.05) is 24.8 Å². The molecule has 2 aromatic carbocycles. The lowest BCUT2D eigenvalue weighted by molar-refractivity contribution is -0.120. The van der Waals surface area contributed by atoms with Gasteiger partial charge < -0.3 is 14.8 Å². The van der Waals surface area contributed by atoms with Crippen molar-refractivity contribution in [1.29, 1.82) is 0 Å². The Balaban J connectivity index is 1.80. The maximum Gasteiger partial charge on any atom is 0.246 e. The summed E-state index contributed by atoms with van der Waals surface area (Å²) >= 11 is 0. The summed E-state index contributed by atoms with van der Waals surface area (Å²) in [4.78, 5) is 12.6. The van der Waals surface area contributed by atoms with Crippen LogP contribution in [-0.2, 0) is 14.8 Å². The van der Waals surface area contributed by atoms with Crippen molar-refractivity contribution in [3.05, 3.63) is 48.3 Å². The molecule has 0 unspecified atom stereocenters. The van der Waals surface area contributed by atoms with Crippen molar-refractivity contribution in [2.45, 2.75) is 17.7 Å². The van der Waals surface area contributed by atoms with Gasteiger partial charge in [-0.2, -0.15) is 4.31 Å². The highest BCUT2D eigenvalue weighted by atomic mass is 32.2. The predicted molar refractivity (Wildman–Crippen MR) is 106 cm³/mol. The average Bonchev–Trinajstić information content (AvgIpc) is 2.73. The van der Waals surface area contributed by atoms with E-state index in [1.54, 1.807) is 12.1 Å². The summed E-state index contributed by atoms with van der Waals surface area (Å²) in [6.45, 7) is 0.330. The molecule has 0 aliphatic carbocycles. The number of carbonyl (C=O) groups is 1. The van der Waals surface area contributed by atoms with Crippen LogP contribution in [0.3, 0.4) is 0 Å². The summed E-state index contributed by atoms with van der Waals surface area (Å²) in [7, 11) is -1.05. The van der Waals surface area contributed by atoms with Gasteiger partial charge in [0.15, 0.2) is 0 Å². The van der Waals surface area contributed by atoms with Gasteiger partial charge in [-0.25, -0.2) is 12.8 Å². The number of methoxy groups -OCH3 is 2. The molecule has 1 atom stereocenters. The molecule has 1 amide bonds. The van der Waals surface area contributed by atoms with Crippen LogP contribution in [-0.4, -0.2) is 45.9 Å². The molecular formula is C20H23FN2O5S. The summed E-state index contributed by atoms with van der Waals surface area (Å²) in [5, 5.41) is 2.66. The second-order valence-corrected chi connectivity index (χ2v) is 8.62. The maximum absolute atomic E-state index is 13.3. The Hall–Kier alpha value is -2.65. The van der Waals surface area contributed by atoms with Crippen molar-refractivity contribution in [1.82, 2.24) is 4.31 Å². The van der Waals surface area contributed by atoms with E-state index >= 15 is 0 Å². The number of nitrogens with zero attached hydrogens (tertiary/aromatic N) is 1. The van der Waals surface area contributed by atoms with Crippen molar-refractivity contribution < 1.29 is 27.1 Å². The number of sulfonamides is 1. The monoisotopic (exact) mass is 422 g/mol. The molecule has 1 saturated heterocycles. The molecule has 0 bridgehead atoms. The zero-order valence-electron chi connectivity index (χ0n) is 16.2. The van der Waals surface area contributed by atoms with Gasteiger partial charge in [0.1, 0.15) is 22.2 Å². The van der Waals surface area contributed by atoms with Gasteiger partial charge in [-0.3, -0.25) is 4.79 Å². The zero-order chi connectivity index (χ0) is 21.0. The van der Waals surface area contributed by atoms with E-state index in [0.29, 0.717) is 30.8 Å². The standard InChI is InChI=1S/C20H23FN2O5S/c1-27-17-8-9-18(28-2)19(12-17)29(25,26)23-10-4-5-14(13-23)20(24)22-16-7-3-6-15(21)11-16/h3,6-9,11-12,14H,4-5,10,13H2,1-2H3,(H,22,24)/t14-/m1/s1. The van der Waals surface area contributed by atoms with Gasteiger partial charge in [0.2, 0.25) is 15.9 Å². The largest absolute Gasteiger partial charge is 0.497 e. The molecule has 1 N–H and O–H groups in total. The molecule has 1 aliphatic rings. The Morgan fingerprint density at radius 1 is 1.17 bits per heavy atom. The fraction of sp³-hybridized carbons (Fsp3) is 0.350. The summed E-state index contributed by atoms with van der Waals surface area (Å²) < 4.78 is 51.4. The van der Waals surface area contributed by atoms with Crippen LogP contribution in [0.25, 0.3) is 0 Å². The zero-order valence-corrected chi connectivity index (χ0v) is 17.0. The van der Waals surface area contributed by atoms with Gasteiger partial charge in [-0.15, -0.1) is 0 Å². The lowest BCUT2D eigenvalue weighted by Gasteiger charge is -2.31. The van der Waals surface area contributed by atoms with E-state index in [9.17, 15) is 17.6 Å². The first-order valence-corrected chi connectivity index (χ1v) is 10.6.